The Balaban J connectivity index is 1.54. The molecule has 1 saturated heterocycles. The van der Waals surface area contributed by atoms with Gasteiger partial charge in [-0.05, 0) is 54.2 Å². The molecule has 2 fully saturated rings. The molecule has 0 bridgehead atoms. The minimum absolute atomic E-state index is 0.0803. The van der Waals surface area contributed by atoms with Crippen LogP contribution in [0.15, 0.2) is 60.2 Å². The molecule has 2 aliphatic carbocycles. The lowest BCUT2D eigenvalue weighted by molar-refractivity contribution is -0.136. The normalized spacial score (nSPS) is 29.5. The largest absolute Gasteiger partial charge is 0.497 e. The van der Waals surface area contributed by atoms with Crippen molar-refractivity contribution in [2.45, 2.75) is 25.0 Å². The van der Waals surface area contributed by atoms with Crippen LogP contribution in [0.2, 0.25) is 0 Å². The molecule has 0 unspecified atom stereocenters. The van der Waals surface area contributed by atoms with Gasteiger partial charge in [-0.3, -0.25) is 4.79 Å². The van der Waals surface area contributed by atoms with Crippen LogP contribution in [-0.2, 0) is 4.79 Å². The molecule has 4 atom stereocenters. The molecule has 4 heteroatoms. The van der Waals surface area contributed by atoms with Crippen molar-refractivity contribution in [2.75, 3.05) is 12.0 Å². The fourth-order valence-electron chi connectivity index (χ4n) is 4.84. The van der Waals surface area contributed by atoms with Gasteiger partial charge in [0.15, 0.2) is 0 Å². The molecule has 0 radical (unpaired) electrons. The summed E-state index contributed by atoms with van der Waals surface area (Å²) in [7, 11) is 1.62. The van der Waals surface area contributed by atoms with E-state index in [1.165, 1.54) is 5.57 Å². The van der Waals surface area contributed by atoms with E-state index >= 15 is 0 Å². The van der Waals surface area contributed by atoms with E-state index < -0.39 is 6.10 Å². The van der Waals surface area contributed by atoms with Gasteiger partial charge in [-0.15, -0.1) is 0 Å². The van der Waals surface area contributed by atoms with Crippen LogP contribution in [-0.4, -0.2) is 30.3 Å². The highest BCUT2D eigenvalue weighted by Gasteiger charge is 2.61. The van der Waals surface area contributed by atoms with Crippen molar-refractivity contribution in [2.24, 2.45) is 11.8 Å². The maximum atomic E-state index is 12.9. The van der Waals surface area contributed by atoms with Gasteiger partial charge in [0.1, 0.15) is 11.9 Å². The molecule has 0 spiro atoms. The Labute approximate surface area is 152 Å². The molecule has 1 heterocycles. The van der Waals surface area contributed by atoms with Gasteiger partial charge in [-0.1, -0.05) is 35.9 Å². The fourth-order valence-corrected chi connectivity index (χ4v) is 4.84. The molecule has 2 aromatic carbocycles. The van der Waals surface area contributed by atoms with Crippen molar-refractivity contribution in [3.8, 4) is 5.75 Å². The summed E-state index contributed by atoms with van der Waals surface area (Å²) >= 11 is 0. The van der Waals surface area contributed by atoms with Crippen LogP contribution in [0.5, 0.6) is 5.75 Å². The van der Waals surface area contributed by atoms with E-state index in [4.69, 9.17) is 4.74 Å². The zero-order chi connectivity index (χ0) is 17.8. The molecule has 1 amide bonds. The molecule has 4 nitrogen and oxygen atoms in total. The molecule has 0 aromatic heterocycles. The van der Waals surface area contributed by atoms with Gasteiger partial charge in [0, 0.05) is 5.69 Å². The zero-order valence-electron chi connectivity index (χ0n) is 14.6. The number of anilines is 1. The van der Waals surface area contributed by atoms with Crippen molar-refractivity contribution >= 4 is 17.2 Å². The molecule has 132 valence electrons. The fraction of sp³-hybridized carbons (Fsp3) is 0.318. The van der Waals surface area contributed by atoms with Gasteiger partial charge in [0.05, 0.1) is 19.1 Å². The Morgan fingerprint density at radius 2 is 1.81 bits per heavy atom. The molecule has 1 N–H and O–H groups in total. The maximum Gasteiger partial charge on any atom is 0.233 e. The van der Waals surface area contributed by atoms with Crippen molar-refractivity contribution in [1.82, 2.24) is 0 Å². The average molecular weight is 347 g/mol. The first-order valence-electron chi connectivity index (χ1n) is 9.14. The van der Waals surface area contributed by atoms with Crippen molar-refractivity contribution in [3.05, 3.63) is 65.7 Å². The van der Waals surface area contributed by atoms with Gasteiger partial charge in [-0.25, -0.2) is 0 Å². The topological polar surface area (TPSA) is 49.8 Å². The minimum Gasteiger partial charge on any atom is -0.497 e. The van der Waals surface area contributed by atoms with Crippen LogP contribution in [0.25, 0.3) is 5.57 Å². The van der Waals surface area contributed by atoms with E-state index in [-0.39, 0.29) is 17.9 Å². The summed E-state index contributed by atoms with van der Waals surface area (Å²) in [5.74, 6) is 1.10. The standard InChI is InChI=1S/C22H21NO3/c1-26-15-9-7-14(8-10-15)23-20-19(22(23)25)17-12-11-16(17)18(21(20)24)13-5-3-2-4-6-13/h2-10,17,19-21,24H,11-12H2,1H3/t17-,19-,20-,21+/m1/s1. The number of rotatable bonds is 3. The summed E-state index contributed by atoms with van der Waals surface area (Å²) in [4.78, 5) is 14.7. The van der Waals surface area contributed by atoms with Crippen LogP contribution in [0.3, 0.4) is 0 Å². The number of hydrogen-bond donors (Lipinski definition) is 1. The number of ether oxygens (including phenoxy) is 1. The van der Waals surface area contributed by atoms with Gasteiger partial charge in [0.25, 0.3) is 0 Å². The van der Waals surface area contributed by atoms with E-state index in [0.29, 0.717) is 5.92 Å². The number of fused-ring (bicyclic) bond motifs is 3. The summed E-state index contributed by atoms with van der Waals surface area (Å²) < 4.78 is 5.21. The molecule has 3 aliphatic rings. The second-order valence-electron chi connectivity index (χ2n) is 7.32. The Bertz CT molecular complexity index is 887. The maximum absolute atomic E-state index is 12.9. The number of nitrogens with zero attached hydrogens (tertiary/aromatic N) is 1. The lowest BCUT2D eigenvalue weighted by atomic mass is 9.56. The van der Waals surface area contributed by atoms with E-state index in [1.807, 2.05) is 42.5 Å². The van der Waals surface area contributed by atoms with Crippen LogP contribution < -0.4 is 9.64 Å². The van der Waals surface area contributed by atoms with Gasteiger partial charge >= 0.3 is 0 Å². The molecule has 1 aliphatic heterocycles. The highest BCUT2D eigenvalue weighted by molar-refractivity contribution is 6.05. The summed E-state index contributed by atoms with van der Waals surface area (Å²) in [6, 6.07) is 17.4. The van der Waals surface area contributed by atoms with Gasteiger partial charge in [0.2, 0.25) is 5.91 Å². The Morgan fingerprint density at radius 3 is 2.42 bits per heavy atom. The molecular weight excluding hydrogens is 326 g/mol. The first kappa shape index (κ1) is 15.6. The van der Waals surface area contributed by atoms with Gasteiger partial charge in [-0.2, -0.15) is 0 Å². The summed E-state index contributed by atoms with van der Waals surface area (Å²) in [5.41, 5.74) is 4.22. The van der Waals surface area contributed by atoms with E-state index in [2.05, 4.69) is 12.1 Å². The Kier molecular flexibility index (Phi) is 3.44. The second-order valence-corrected chi connectivity index (χ2v) is 7.32. The second kappa shape index (κ2) is 5.71. The van der Waals surface area contributed by atoms with E-state index in [1.54, 1.807) is 12.0 Å². The summed E-state index contributed by atoms with van der Waals surface area (Å²) in [6.45, 7) is 0. The third kappa shape index (κ3) is 2.02. The van der Waals surface area contributed by atoms with Crippen LogP contribution in [0.1, 0.15) is 18.4 Å². The number of β-lactam (4-membered cyclic amide) rings is 1. The lowest BCUT2D eigenvalue weighted by Gasteiger charge is -2.58. The number of carbonyl (C=O) groups excluding carboxylic acids is 1. The van der Waals surface area contributed by atoms with Crippen LogP contribution in [0, 0.1) is 11.8 Å². The number of aliphatic hydroxyl groups excluding tert-OH is 1. The quantitative estimate of drug-likeness (QED) is 0.867. The molecule has 2 aromatic rings. The number of allylic oxidation sites excluding steroid dienone is 1. The van der Waals surface area contributed by atoms with Gasteiger partial charge < -0.3 is 14.7 Å². The highest BCUT2D eigenvalue weighted by Crippen LogP contribution is 2.56. The first-order chi connectivity index (χ1) is 12.7. The third-order valence-electron chi connectivity index (χ3n) is 6.20. The van der Waals surface area contributed by atoms with Crippen molar-refractivity contribution < 1.29 is 14.6 Å². The first-order valence-corrected chi connectivity index (χ1v) is 9.14. The number of hydrogen-bond acceptors (Lipinski definition) is 3. The Morgan fingerprint density at radius 1 is 1.08 bits per heavy atom. The highest BCUT2D eigenvalue weighted by atomic mass is 16.5. The number of methoxy groups -OCH3 is 1. The predicted octanol–water partition coefficient (Wildman–Crippen LogP) is 3.26. The monoisotopic (exact) mass is 347 g/mol. The number of carbonyl (C=O) groups is 1. The third-order valence-corrected chi connectivity index (χ3v) is 6.20. The number of aliphatic hydroxyl groups is 1. The van der Waals surface area contributed by atoms with Crippen molar-refractivity contribution in [1.29, 1.82) is 0 Å². The molecular formula is C22H21NO3. The van der Waals surface area contributed by atoms with E-state index in [9.17, 15) is 9.90 Å². The average Bonchev–Trinajstić information content (AvgIpc) is 2.66. The summed E-state index contributed by atoms with van der Waals surface area (Å²) in [6.07, 6.45) is 1.39. The lowest BCUT2D eigenvalue weighted by Crippen LogP contribution is -2.71. The van der Waals surface area contributed by atoms with Crippen molar-refractivity contribution in [3.63, 3.8) is 0 Å². The molecule has 1 saturated carbocycles. The predicted molar refractivity (Wildman–Crippen MR) is 99.9 cm³/mol. The van der Waals surface area contributed by atoms with Crippen LogP contribution >= 0.6 is 0 Å². The van der Waals surface area contributed by atoms with E-state index in [0.717, 1.165) is 35.4 Å². The number of benzene rings is 2. The Hall–Kier alpha value is -2.59. The minimum atomic E-state index is -0.645. The van der Waals surface area contributed by atoms with Crippen LogP contribution in [0.4, 0.5) is 5.69 Å². The SMILES string of the molecule is COc1ccc(N2C(=O)[C@H]3[C@@H]2[C@@H](O)C(c2ccccc2)=C2CC[C@H]23)cc1. The smallest absolute Gasteiger partial charge is 0.233 e. The summed E-state index contributed by atoms with van der Waals surface area (Å²) in [5, 5.41) is 11.2. The number of amides is 1. The molecule has 5 rings (SSSR count). The molecule has 26 heavy (non-hydrogen) atoms. The zero-order valence-corrected chi connectivity index (χ0v) is 14.6.